The van der Waals surface area contributed by atoms with Gasteiger partial charge in [-0.15, -0.1) is 0 Å². The molecule has 106 valence electrons. The number of benzene rings is 2. The van der Waals surface area contributed by atoms with E-state index in [0.29, 0.717) is 6.54 Å². The molecule has 0 unspecified atom stereocenters. The van der Waals surface area contributed by atoms with E-state index in [1.807, 2.05) is 31.2 Å². The topological polar surface area (TPSA) is 35.2 Å². The van der Waals surface area contributed by atoms with Crippen LogP contribution in [0.4, 0.5) is 0 Å². The summed E-state index contributed by atoms with van der Waals surface area (Å²) >= 11 is 6.12. The predicted molar refractivity (Wildman–Crippen MR) is 84.8 cm³/mol. The van der Waals surface area contributed by atoms with Gasteiger partial charge in [0.15, 0.2) is 0 Å². The minimum Gasteiger partial charge on any atom is -0.457 e. The number of hydrogen-bond acceptors (Lipinski definition) is 2. The Labute approximate surface area is 125 Å². The predicted octanol–water partition coefficient (Wildman–Crippen LogP) is 4.50. The van der Waals surface area contributed by atoms with E-state index in [-0.39, 0.29) is 0 Å². The Morgan fingerprint density at radius 1 is 1.15 bits per heavy atom. The van der Waals surface area contributed by atoms with Crippen molar-refractivity contribution in [1.29, 1.82) is 0 Å². The molecule has 0 saturated carbocycles. The summed E-state index contributed by atoms with van der Waals surface area (Å²) in [6.07, 6.45) is 1.78. The fraction of sp³-hybridized carbons (Fsp3) is 0.294. The fourth-order valence-corrected chi connectivity index (χ4v) is 2.41. The Kier molecular flexibility index (Phi) is 5.05. The molecular weight excluding hydrogens is 270 g/mol. The summed E-state index contributed by atoms with van der Waals surface area (Å²) in [6.45, 7) is 4.79. The molecule has 2 N–H and O–H groups in total. The van der Waals surface area contributed by atoms with Gasteiger partial charge in [-0.25, -0.2) is 0 Å². The second-order valence-corrected chi connectivity index (χ2v) is 5.25. The summed E-state index contributed by atoms with van der Waals surface area (Å²) in [5.74, 6) is 1.69. The molecule has 0 amide bonds. The summed E-state index contributed by atoms with van der Waals surface area (Å²) in [7, 11) is 0. The third-order valence-corrected chi connectivity index (χ3v) is 3.67. The molecule has 0 aliphatic heterocycles. The molecule has 0 aliphatic carbocycles. The first-order valence-electron chi connectivity index (χ1n) is 6.90. The smallest absolute Gasteiger partial charge is 0.130 e. The zero-order valence-corrected chi connectivity index (χ0v) is 12.7. The number of nitrogens with two attached hydrogens (primary N) is 1. The Balaban J connectivity index is 2.21. The lowest BCUT2D eigenvalue weighted by Gasteiger charge is -2.11. The Bertz CT molecular complexity index is 596. The van der Waals surface area contributed by atoms with Crippen LogP contribution < -0.4 is 10.5 Å². The fourth-order valence-electron chi connectivity index (χ4n) is 2.16. The summed E-state index contributed by atoms with van der Waals surface area (Å²) in [4.78, 5) is 0. The monoisotopic (exact) mass is 289 g/mol. The molecule has 0 bridgehead atoms. The van der Waals surface area contributed by atoms with Gasteiger partial charge in [-0.1, -0.05) is 30.7 Å². The van der Waals surface area contributed by atoms with Gasteiger partial charge in [-0.3, -0.25) is 0 Å². The van der Waals surface area contributed by atoms with Crippen molar-refractivity contribution in [3.8, 4) is 11.5 Å². The van der Waals surface area contributed by atoms with Crippen molar-refractivity contribution in [2.75, 3.05) is 6.54 Å². The molecule has 0 spiro atoms. The first-order valence-corrected chi connectivity index (χ1v) is 7.27. The van der Waals surface area contributed by atoms with Crippen LogP contribution in [0.25, 0.3) is 0 Å². The molecule has 2 aromatic rings. The van der Waals surface area contributed by atoms with E-state index >= 15 is 0 Å². The van der Waals surface area contributed by atoms with Crippen LogP contribution >= 0.6 is 11.6 Å². The average molecular weight is 290 g/mol. The van der Waals surface area contributed by atoms with Crippen LogP contribution in [0.5, 0.6) is 11.5 Å². The molecule has 20 heavy (non-hydrogen) atoms. The van der Waals surface area contributed by atoms with E-state index in [2.05, 4.69) is 19.1 Å². The molecule has 0 fully saturated rings. The summed E-state index contributed by atoms with van der Waals surface area (Å²) < 4.78 is 5.95. The molecular formula is C17H20ClNO. The highest BCUT2D eigenvalue weighted by Crippen LogP contribution is 2.29. The van der Waals surface area contributed by atoms with Crippen LogP contribution in [-0.2, 0) is 12.8 Å². The van der Waals surface area contributed by atoms with E-state index in [4.69, 9.17) is 22.1 Å². The molecule has 0 radical (unpaired) electrons. The minimum atomic E-state index is 0.663. The van der Waals surface area contributed by atoms with Crippen molar-refractivity contribution >= 4 is 11.6 Å². The molecule has 2 aromatic carbocycles. The lowest BCUT2D eigenvalue weighted by Crippen LogP contribution is -2.02. The normalized spacial score (nSPS) is 10.6. The number of ether oxygens (including phenoxy) is 1. The van der Waals surface area contributed by atoms with E-state index in [1.54, 1.807) is 0 Å². The van der Waals surface area contributed by atoms with Gasteiger partial charge in [0, 0.05) is 5.02 Å². The van der Waals surface area contributed by atoms with Gasteiger partial charge in [-0.2, -0.15) is 0 Å². The van der Waals surface area contributed by atoms with E-state index in [9.17, 15) is 0 Å². The summed E-state index contributed by atoms with van der Waals surface area (Å²) in [6, 6.07) is 12.0. The largest absolute Gasteiger partial charge is 0.457 e. The zero-order chi connectivity index (χ0) is 14.5. The third-order valence-electron chi connectivity index (χ3n) is 3.30. The maximum atomic E-state index is 6.12. The van der Waals surface area contributed by atoms with Gasteiger partial charge in [0.1, 0.15) is 11.5 Å². The molecule has 2 rings (SSSR count). The van der Waals surface area contributed by atoms with Crippen LogP contribution in [0.2, 0.25) is 5.02 Å². The van der Waals surface area contributed by atoms with Gasteiger partial charge in [0.25, 0.3) is 0 Å². The average Bonchev–Trinajstić information content (AvgIpc) is 2.44. The zero-order valence-electron chi connectivity index (χ0n) is 11.9. The minimum absolute atomic E-state index is 0.663. The van der Waals surface area contributed by atoms with E-state index < -0.39 is 0 Å². The molecule has 0 heterocycles. The van der Waals surface area contributed by atoms with Crippen molar-refractivity contribution in [1.82, 2.24) is 0 Å². The van der Waals surface area contributed by atoms with Gasteiger partial charge in [-0.05, 0) is 67.3 Å². The van der Waals surface area contributed by atoms with Crippen LogP contribution in [0.1, 0.15) is 23.6 Å². The Morgan fingerprint density at radius 2 is 1.95 bits per heavy atom. The maximum absolute atomic E-state index is 6.12. The van der Waals surface area contributed by atoms with Crippen molar-refractivity contribution in [3.63, 3.8) is 0 Å². The van der Waals surface area contributed by atoms with E-state index in [1.165, 1.54) is 5.56 Å². The van der Waals surface area contributed by atoms with Crippen LogP contribution in [-0.4, -0.2) is 6.54 Å². The van der Waals surface area contributed by atoms with Crippen LogP contribution in [0, 0.1) is 6.92 Å². The Morgan fingerprint density at radius 3 is 2.60 bits per heavy atom. The summed E-state index contributed by atoms with van der Waals surface area (Å²) in [5.41, 5.74) is 9.03. The second-order valence-electron chi connectivity index (χ2n) is 4.85. The standard InChI is InChI=1S/C17H20ClNO/c1-3-14-11-15(5-6-16(14)18)20-17-7-4-13(8-9-19)10-12(17)2/h4-7,10-11H,3,8-9,19H2,1-2H3. The number of hydrogen-bond donors (Lipinski definition) is 1. The molecule has 2 nitrogen and oxygen atoms in total. The second kappa shape index (κ2) is 6.78. The van der Waals surface area contributed by atoms with E-state index in [0.717, 1.165) is 40.5 Å². The van der Waals surface area contributed by atoms with Crippen molar-refractivity contribution in [2.45, 2.75) is 26.7 Å². The molecule has 0 aromatic heterocycles. The third kappa shape index (κ3) is 3.53. The lowest BCUT2D eigenvalue weighted by atomic mass is 10.1. The van der Waals surface area contributed by atoms with Gasteiger partial charge in [0.2, 0.25) is 0 Å². The molecule has 0 saturated heterocycles. The highest BCUT2D eigenvalue weighted by atomic mass is 35.5. The quantitative estimate of drug-likeness (QED) is 0.879. The highest BCUT2D eigenvalue weighted by molar-refractivity contribution is 6.31. The van der Waals surface area contributed by atoms with Crippen LogP contribution in [0.3, 0.4) is 0 Å². The lowest BCUT2D eigenvalue weighted by molar-refractivity contribution is 0.478. The highest BCUT2D eigenvalue weighted by Gasteiger charge is 2.05. The number of aryl methyl sites for hydroxylation is 2. The van der Waals surface area contributed by atoms with Crippen molar-refractivity contribution < 1.29 is 4.74 Å². The Hall–Kier alpha value is -1.51. The van der Waals surface area contributed by atoms with Gasteiger partial charge in [0.05, 0.1) is 0 Å². The van der Waals surface area contributed by atoms with Gasteiger partial charge < -0.3 is 10.5 Å². The first kappa shape index (κ1) is 14.9. The molecule has 3 heteroatoms. The first-order chi connectivity index (χ1) is 9.63. The van der Waals surface area contributed by atoms with Crippen molar-refractivity contribution in [2.24, 2.45) is 5.73 Å². The van der Waals surface area contributed by atoms with Crippen molar-refractivity contribution in [3.05, 3.63) is 58.1 Å². The summed E-state index contributed by atoms with van der Waals surface area (Å²) in [5, 5.41) is 0.787. The molecule has 0 atom stereocenters. The SMILES string of the molecule is CCc1cc(Oc2ccc(CCN)cc2C)ccc1Cl. The molecule has 0 aliphatic rings. The number of rotatable bonds is 5. The van der Waals surface area contributed by atoms with Gasteiger partial charge >= 0.3 is 0 Å². The number of halogens is 1. The maximum Gasteiger partial charge on any atom is 0.130 e. The van der Waals surface area contributed by atoms with Crippen LogP contribution in [0.15, 0.2) is 36.4 Å².